The summed E-state index contributed by atoms with van der Waals surface area (Å²) in [6, 6.07) is 8.89. The van der Waals surface area contributed by atoms with Gasteiger partial charge in [0.05, 0.1) is 13.3 Å². The molecule has 1 aromatic carbocycles. The van der Waals surface area contributed by atoms with Gasteiger partial charge in [0, 0.05) is 43.6 Å². The second kappa shape index (κ2) is 10.3. The first kappa shape index (κ1) is 21.9. The van der Waals surface area contributed by atoms with Crippen LogP contribution in [0.4, 0.5) is 0 Å². The number of carbonyl (C=O) groups excluding carboxylic acids is 1. The molecule has 2 N–H and O–H groups in total. The predicted octanol–water partition coefficient (Wildman–Crippen LogP) is 2.29. The zero-order chi connectivity index (χ0) is 22.3. The van der Waals surface area contributed by atoms with Crippen LogP contribution in [0.2, 0.25) is 0 Å². The van der Waals surface area contributed by atoms with Gasteiger partial charge >= 0.3 is 5.97 Å². The van der Waals surface area contributed by atoms with Crippen LogP contribution in [0.5, 0.6) is 17.2 Å². The van der Waals surface area contributed by atoms with Crippen molar-refractivity contribution in [1.82, 2.24) is 15.6 Å². The third-order valence-corrected chi connectivity index (χ3v) is 5.20. The first-order valence-electron chi connectivity index (χ1n) is 10.6. The largest absolute Gasteiger partial charge is 0.495 e. The number of carbonyl (C=O) groups is 1. The second-order valence-electron chi connectivity index (χ2n) is 7.65. The average Bonchev–Trinajstić information content (AvgIpc) is 3.32. The monoisotopic (exact) mass is 437 g/mol. The molecule has 9 heteroatoms. The molecule has 0 radical (unpaired) electrons. The Labute approximate surface area is 186 Å². The standard InChI is InChI=1S/C23H27N5O4/c1-15(29)31-18-6-3-7-19(10-18)32-23-21(26-12-17-5-4-8-25-17)14-27-22(28-23)16-9-20(30-2)13-24-11-16/h3,6-7,9-11,13-14,17,21-22,25-26H,4-5,8,12H2,1-2H3. The van der Waals surface area contributed by atoms with Crippen LogP contribution in [-0.4, -0.2) is 55.3 Å². The van der Waals surface area contributed by atoms with E-state index in [1.54, 1.807) is 43.8 Å². The summed E-state index contributed by atoms with van der Waals surface area (Å²) in [6.07, 6.45) is 6.98. The normalized spacial score (nSPS) is 22.3. The van der Waals surface area contributed by atoms with Crippen LogP contribution >= 0.6 is 0 Å². The van der Waals surface area contributed by atoms with Crippen LogP contribution in [0.25, 0.3) is 0 Å². The Balaban J connectivity index is 1.55. The van der Waals surface area contributed by atoms with Crippen LogP contribution in [0.1, 0.15) is 31.5 Å². The molecule has 3 heterocycles. The van der Waals surface area contributed by atoms with E-state index in [9.17, 15) is 4.79 Å². The van der Waals surface area contributed by atoms with E-state index in [-0.39, 0.29) is 6.04 Å². The van der Waals surface area contributed by atoms with Gasteiger partial charge in [0.25, 0.3) is 0 Å². The van der Waals surface area contributed by atoms with E-state index in [0.29, 0.717) is 29.2 Å². The molecule has 32 heavy (non-hydrogen) atoms. The van der Waals surface area contributed by atoms with E-state index in [1.807, 2.05) is 12.3 Å². The average molecular weight is 438 g/mol. The van der Waals surface area contributed by atoms with Crippen LogP contribution in [0, 0.1) is 0 Å². The molecule has 3 unspecified atom stereocenters. The Hall–Kier alpha value is -3.30. The smallest absolute Gasteiger partial charge is 0.308 e. The van der Waals surface area contributed by atoms with Crippen molar-refractivity contribution in [2.24, 2.45) is 9.98 Å². The van der Waals surface area contributed by atoms with Crippen LogP contribution in [0.15, 0.2) is 52.7 Å². The van der Waals surface area contributed by atoms with Crippen molar-refractivity contribution in [3.8, 4) is 17.2 Å². The molecule has 1 aromatic heterocycles. The van der Waals surface area contributed by atoms with Gasteiger partial charge in [0.2, 0.25) is 5.90 Å². The number of nitrogens with zero attached hydrogens (tertiary/aromatic N) is 3. The Kier molecular flexibility index (Phi) is 7.08. The van der Waals surface area contributed by atoms with Crippen molar-refractivity contribution in [2.45, 2.75) is 38.0 Å². The first-order valence-corrected chi connectivity index (χ1v) is 10.6. The zero-order valence-corrected chi connectivity index (χ0v) is 18.2. The molecule has 0 aliphatic carbocycles. The highest BCUT2D eigenvalue weighted by Gasteiger charge is 2.26. The Morgan fingerprint density at radius 3 is 2.88 bits per heavy atom. The summed E-state index contributed by atoms with van der Waals surface area (Å²) < 4.78 is 16.6. The summed E-state index contributed by atoms with van der Waals surface area (Å²) in [4.78, 5) is 24.9. The van der Waals surface area contributed by atoms with Gasteiger partial charge in [0.15, 0.2) is 6.17 Å². The molecule has 0 saturated carbocycles. The molecule has 4 rings (SSSR count). The molecule has 3 atom stereocenters. The van der Waals surface area contributed by atoms with Gasteiger partial charge in [-0.05, 0) is 37.6 Å². The summed E-state index contributed by atoms with van der Waals surface area (Å²) in [5.74, 6) is 1.65. The van der Waals surface area contributed by atoms with Gasteiger partial charge in [-0.15, -0.1) is 0 Å². The molecule has 0 spiro atoms. The molecule has 9 nitrogen and oxygen atoms in total. The maximum absolute atomic E-state index is 11.3. The summed E-state index contributed by atoms with van der Waals surface area (Å²) in [5.41, 5.74) is 0.797. The van der Waals surface area contributed by atoms with Crippen molar-refractivity contribution in [1.29, 1.82) is 0 Å². The minimum absolute atomic E-state index is 0.287. The molecule has 0 bridgehead atoms. The van der Waals surface area contributed by atoms with E-state index in [4.69, 9.17) is 19.2 Å². The number of rotatable bonds is 7. The van der Waals surface area contributed by atoms with E-state index >= 15 is 0 Å². The van der Waals surface area contributed by atoms with Gasteiger partial charge in [0.1, 0.15) is 23.3 Å². The Morgan fingerprint density at radius 2 is 2.09 bits per heavy atom. The molecule has 2 aliphatic rings. The summed E-state index contributed by atoms with van der Waals surface area (Å²) >= 11 is 0. The number of hydrogen-bond acceptors (Lipinski definition) is 9. The lowest BCUT2D eigenvalue weighted by atomic mass is 10.1. The molecule has 2 aromatic rings. The van der Waals surface area contributed by atoms with Crippen LogP contribution in [-0.2, 0) is 4.79 Å². The fraction of sp³-hybridized carbons (Fsp3) is 0.391. The molecule has 0 amide bonds. The van der Waals surface area contributed by atoms with Crippen molar-refractivity contribution in [3.05, 3.63) is 48.3 Å². The minimum atomic E-state index is -0.494. The van der Waals surface area contributed by atoms with Crippen molar-refractivity contribution < 1.29 is 19.0 Å². The molecule has 1 fully saturated rings. The number of methoxy groups -OCH3 is 1. The van der Waals surface area contributed by atoms with E-state index in [1.165, 1.54) is 13.3 Å². The lowest BCUT2D eigenvalue weighted by molar-refractivity contribution is -0.131. The SMILES string of the molecule is COc1cncc(C2N=CC(NCC3CCCN3)C(Oc3cccc(OC(C)=O)c3)=N2)c1. The van der Waals surface area contributed by atoms with Gasteiger partial charge in [-0.25, -0.2) is 4.99 Å². The summed E-state index contributed by atoms with van der Waals surface area (Å²) in [5, 5.41) is 6.96. The molecule has 168 valence electrons. The van der Waals surface area contributed by atoms with Gasteiger partial charge in [-0.2, -0.15) is 0 Å². The number of aromatic nitrogens is 1. The zero-order valence-electron chi connectivity index (χ0n) is 18.2. The molecular weight excluding hydrogens is 410 g/mol. The highest BCUT2D eigenvalue weighted by molar-refractivity contribution is 6.00. The van der Waals surface area contributed by atoms with Gasteiger partial charge in [-0.3, -0.25) is 20.1 Å². The minimum Gasteiger partial charge on any atom is -0.495 e. The topological polar surface area (TPSA) is 106 Å². The van der Waals surface area contributed by atoms with Crippen molar-refractivity contribution >= 4 is 18.1 Å². The number of nitrogens with one attached hydrogen (secondary N) is 2. The maximum atomic E-state index is 11.3. The number of hydrogen-bond donors (Lipinski definition) is 2. The van der Waals surface area contributed by atoms with E-state index in [2.05, 4.69) is 20.6 Å². The first-order chi connectivity index (χ1) is 15.6. The van der Waals surface area contributed by atoms with Gasteiger partial charge < -0.3 is 19.5 Å². The Bertz CT molecular complexity index is 1000. The molecule has 1 saturated heterocycles. The number of pyridine rings is 1. The van der Waals surface area contributed by atoms with E-state index in [0.717, 1.165) is 25.1 Å². The quantitative estimate of drug-likeness (QED) is 0.506. The fourth-order valence-electron chi connectivity index (χ4n) is 3.63. The third kappa shape index (κ3) is 5.68. The van der Waals surface area contributed by atoms with Crippen molar-refractivity contribution in [3.63, 3.8) is 0 Å². The summed E-state index contributed by atoms with van der Waals surface area (Å²) in [7, 11) is 1.59. The number of benzene rings is 1. The summed E-state index contributed by atoms with van der Waals surface area (Å²) in [6.45, 7) is 3.17. The Morgan fingerprint density at radius 1 is 1.22 bits per heavy atom. The fourth-order valence-corrected chi connectivity index (χ4v) is 3.63. The highest BCUT2D eigenvalue weighted by atomic mass is 16.5. The number of aliphatic imine (C=N–C) groups is 2. The third-order valence-electron chi connectivity index (χ3n) is 5.20. The van der Waals surface area contributed by atoms with Crippen LogP contribution in [0.3, 0.4) is 0 Å². The predicted molar refractivity (Wildman–Crippen MR) is 121 cm³/mol. The lowest BCUT2D eigenvalue weighted by Crippen LogP contribution is -2.47. The number of ether oxygens (including phenoxy) is 3. The number of esters is 1. The molecule has 2 aliphatic heterocycles. The second-order valence-corrected chi connectivity index (χ2v) is 7.65. The van der Waals surface area contributed by atoms with Crippen LogP contribution < -0.4 is 24.8 Å². The van der Waals surface area contributed by atoms with Crippen molar-refractivity contribution in [2.75, 3.05) is 20.2 Å². The van der Waals surface area contributed by atoms with E-state index < -0.39 is 12.1 Å². The molecular formula is C23H27N5O4. The maximum Gasteiger partial charge on any atom is 0.308 e. The van der Waals surface area contributed by atoms with Gasteiger partial charge in [-0.1, -0.05) is 6.07 Å². The highest BCUT2D eigenvalue weighted by Crippen LogP contribution is 2.26. The lowest BCUT2D eigenvalue weighted by Gasteiger charge is -2.24.